The number of amides is 1. The van der Waals surface area contributed by atoms with Crippen molar-refractivity contribution in [2.75, 3.05) is 25.1 Å². The first-order valence-electron chi connectivity index (χ1n) is 4.36. The predicted molar refractivity (Wildman–Crippen MR) is 50.5 cm³/mol. The van der Waals surface area contributed by atoms with Crippen molar-refractivity contribution < 1.29 is 18.0 Å². The summed E-state index contributed by atoms with van der Waals surface area (Å²) in [6, 6.07) is 0. The van der Waals surface area contributed by atoms with Gasteiger partial charge in [-0.25, -0.2) is 8.42 Å². The quantitative estimate of drug-likeness (QED) is 0.611. The van der Waals surface area contributed by atoms with Gasteiger partial charge in [-0.2, -0.15) is 0 Å². The van der Waals surface area contributed by atoms with Crippen molar-refractivity contribution in [1.29, 1.82) is 0 Å². The summed E-state index contributed by atoms with van der Waals surface area (Å²) >= 11 is 0. The van der Waals surface area contributed by atoms with Crippen LogP contribution in [0.5, 0.6) is 0 Å². The van der Waals surface area contributed by atoms with Crippen LogP contribution in [0, 0.1) is 0 Å². The van der Waals surface area contributed by atoms with Gasteiger partial charge in [-0.3, -0.25) is 9.59 Å². The van der Waals surface area contributed by atoms with Gasteiger partial charge in [0.15, 0.2) is 15.6 Å². The largest absolute Gasteiger partial charge is 0.334 e. The third kappa shape index (κ3) is 3.45. The van der Waals surface area contributed by atoms with E-state index < -0.39 is 21.5 Å². The second-order valence-electron chi connectivity index (χ2n) is 3.53. The molecule has 6 heteroatoms. The van der Waals surface area contributed by atoms with Gasteiger partial charge in [0, 0.05) is 19.2 Å². The number of likely N-dealkylation sites (tertiary alicyclic amines) is 1. The normalized spacial score (nSPS) is 18.4. The van der Waals surface area contributed by atoms with Crippen molar-refractivity contribution >= 4 is 21.5 Å². The lowest BCUT2D eigenvalue weighted by atomic mass is 10.1. The maximum absolute atomic E-state index is 11.4. The fraction of sp³-hybridized carbons (Fsp3) is 0.750. The van der Waals surface area contributed by atoms with Crippen LogP contribution in [0.4, 0.5) is 0 Å². The average molecular weight is 219 g/mol. The number of nitrogens with zero attached hydrogens (tertiary/aromatic N) is 1. The van der Waals surface area contributed by atoms with Crippen LogP contribution in [0.25, 0.3) is 0 Å². The molecule has 0 spiro atoms. The number of Topliss-reactive ketones (excluding diaryl/α,β-unsaturated/α-hetero) is 1. The number of sulfone groups is 1. The zero-order valence-corrected chi connectivity index (χ0v) is 8.84. The van der Waals surface area contributed by atoms with Crippen molar-refractivity contribution in [2.24, 2.45) is 0 Å². The van der Waals surface area contributed by atoms with E-state index in [0.717, 1.165) is 6.26 Å². The van der Waals surface area contributed by atoms with Crippen molar-refractivity contribution in [3.63, 3.8) is 0 Å². The lowest BCUT2D eigenvalue weighted by Crippen LogP contribution is -2.42. The highest BCUT2D eigenvalue weighted by Crippen LogP contribution is 2.06. The van der Waals surface area contributed by atoms with Gasteiger partial charge in [-0.05, 0) is 6.42 Å². The lowest BCUT2D eigenvalue weighted by molar-refractivity contribution is -0.135. The molecule has 1 fully saturated rings. The van der Waals surface area contributed by atoms with Crippen LogP contribution in [0.2, 0.25) is 0 Å². The third-order valence-corrected chi connectivity index (χ3v) is 2.76. The molecule has 0 bridgehead atoms. The molecule has 14 heavy (non-hydrogen) atoms. The summed E-state index contributed by atoms with van der Waals surface area (Å²) in [4.78, 5) is 23.7. The van der Waals surface area contributed by atoms with Gasteiger partial charge >= 0.3 is 0 Å². The first-order chi connectivity index (χ1) is 6.38. The lowest BCUT2D eigenvalue weighted by Gasteiger charge is -2.25. The van der Waals surface area contributed by atoms with Gasteiger partial charge in [0.05, 0.1) is 6.54 Å². The van der Waals surface area contributed by atoms with E-state index in [4.69, 9.17) is 0 Å². The number of hydrogen-bond donors (Lipinski definition) is 0. The van der Waals surface area contributed by atoms with E-state index in [1.54, 1.807) is 0 Å². The molecule has 0 saturated carbocycles. The molecule has 0 aromatic heterocycles. The van der Waals surface area contributed by atoms with Crippen LogP contribution in [0.3, 0.4) is 0 Å². The maximum atomic E-state index is 11.4. The molecule has 1 saturated heterocycles. The molecule has 0 radical (unpaired) electrons. The van der Waals surface area contributed by atoms with Crippen LogP contribution in [-0.4, -0.2) is 50.1 Å². The highest BCUT2D eigenvalue weighted by molar-refractivity contribution is 7.91. The van der Waals surface area contributed by atoms with Crippen LogP contribution < -0.4 is 0 Å². The first-order valence-corrected chi connectivity index (χ1v) is 6.42. The van der Waals surface area contributed by atoms with Crippen LogP contribution in [0.1, 0.15) is 12.8 Å². The van der Waals surface area contributed by atoms with E-state index >= 15 is 0 Å². The van der Waals surface area contributed by atoms with E-state index in [0.29, 0.717) is 19.4 Å². The van der Waals surface area contributed by atoms with Gasteiger partial charge in [0.25, 0.3) is 0 Å². The minimum atomic E-state index is -3.29. The minimum Gasteiger partial charge on any atom is -0.334 e. The highest BCUT2D eigenvalue weighted by atomic mass is 32.2. The summed E-state index contributed by atoms with van der Waals surface area (Å²) in [5.41, 5.74) is 0. The van der Waals surface area contributed by atoms with Crippen molar-refractivity contribution in [3.8, 4) is 0 Å². The molecule has 1 aliphatic heterocycles. The molecular weight excluding hydrogens is 206 g/mol. The smallest absolute Gasteiger partial charge is 0.238 e. The van der Waals surface area contributed by atoms with E-state index in [2.05, 4.69) is 0 Å². The Hall–Kier alpha value is -0.910. The van der Waals surface area contributed by atoms with Gasteiger partial charge in [-0.15, -0.1) is 0 Å². The number of carbonyl (C=O) groups excluding carboxylic acids is 2. The number of piperidine rings is 1. The third-order valence-electron chi connectivity index (χ3n) is 1.99. The molecule has 0 atom stereocenters. The Bertz CT molecular complexity index is 346. The number of rotatable bonds is 2. The Kier molecular flexibility index (Phi) is 3.25. The van der Waals surface area contributed by atoms with Gasteiger partial charge in [0.1, 0.15) is 5.75 Å². The molecule has 1 heterocycles. The zero-order chi connectivity index (χ0) is 10.8. The van der Waals surface area contributed by atoms with Crippen LogP contribution in [-0.2, 0) is 19.4 Å². The molecule has 1 amide bonds. The average Bonchev–Trinajstić information content (AvgIpc) is 2.01. The van der Waals surface area contributed by atoms with Crippen LogP contribution >= 0.6 is 0 Å². The fourth-order valence-electron chi connectivity index (χ4n) is 1.37. The molecule has 1 rings (SSSR count). The Morgan fingerprint density at radius 1 is 1.50 bits per heavy atom. The fourth-order valence-corrected chi connectivity index (χ4v) is 2.00. The van der Waals surface area contributed by atoms with Crippen LogP contribution in [0.15, 0.2) is 0 Å². The summed E-state index contributed by atoms with van der Waals surface area (Å²) in [6.07, 6.45) is 2.13. The molecule has 0 aromatic rings. The summed E-state index contributed by atoms with van der Waals surface area (Å²) < 4.78 is 21.7. The molecule has 1 aliphatic rings. The van der Waals surface area contributed by atoms with E-state index in [1.807, 2.05) is 0 Å². The topological polar surface area (TPSA) is 71.5 Å². The molecule has 0 N–H and O–H groups in total. The van der Waals surface area contributed by atoms with Gasteiger partial charge in [-0.1, -0.05) is 0 Å². The Labute approximate surface area is 83.0 Å². The highest BCUT2D eigenvalue weighted by Gasteiger charge is 2.23. The molecule has 0 aromatic carbocycles. The number of carbonyl (C=O) groups is 2. The van der Waals surface area contributed by atoms with Gasteiger partial charge in [0.2, 0.25) is 5.91 Å². The molecule has 5 nitrogen and oxygen atoms in total. The summed E-state index contributed by atoms with van der Waals surface area (Å²) in [5, 5.41) is 0. The zero-order valence-electron chi connectivity index (χ0n) is 8.02. The Morgan fingerprint density at radius 2 is 2.14 bits per heavy atom. The van der Waals surface area contributed by atoms with E-state index in [-0.39, 0.29) is 12.3 Å². The molecular formula is C8H13NO4S. The Morgan fingerprint density at radius 3 is 2.64 bits per heavy atom. The first kappa shape index (κ1) is 11.2. The Balaban J connectivity index is 2.56. The number of hydrogen-bond acceptors (Lipinski definition) is 4. The maximum Gasteiger partial charge on any atom is 0.238 e. The predicted octanol–water partition coefficient (Wildman–Crippen LogP) is -0.778. The molecule has 0 unspecified atom stereocenters. The molecule has 0 aliphatic carbocycles. The van der Waals surface area contributed by atoms with Gasteiger partial charge < -0.3 is 4.90 Å². The minimum absolute atomic E-state index is 0.00176. The summed E-state index contributed by atoms with van der Waals surface area (Å²) in [5.74, 6) is -0.973. The van der Waals surface area contributed by atoms with E-state index in [1.165, 1.54) is 4.90 Å². The van der Waals surface area contributed by atoms with E-state index in [9.17, 15) is 18.0 Å². The van der Waals surface area contributed by atoms with Crippen molar-refractivity contribution in [2.45, 2.75) is 12.8 Å². The second-order valence-corrected chi connectivity index (χ2v) is 5.67. The monoisotopic (exact) mass is 219 g/mol. The summed E-state index contributed by atoms with van der Waals surface area (Å²) in [6.45, 7) is 0.550. The van der Waals surface area contributed by atoms with Crippen molar-refractivity contribution in [1.82, 2.24) is 4.90 Å². The second kappa shape index (κ2) is 4.08. The van der Waals surface area contributed by atoms with Crippen molar-refractivity contribution in [3.05, 3.63) is 0 Å². The SMILES string of the molecule is CS(=O)(=O)CC(=O)N1CCCC(=O)C1. The number of ketones is 1. The molecule has 80 valence electrons. The summed E-state index contributed by atoms with van der Waals surface area (Å²) in [7, 11) is -3.29. The standard InChI is InChI=1S/C8H13NO4S/c1-14(12,13)6-8(11)9-4-2-3-7(10)5-9/h2-6H2,1H3.